The lowest BCUT2D eigenvalue weighted by Crippen LogP contribution is -2.47. The van der Waals surface area contributed by atoms with Gasteiger partial charge in [-0.2, -0.15) is 5.26 Å². The normalized spacial score (nSPS) is 16.8. The summed E-state index contributed by atoms with van der Waals surface area (Å²) >= 11 is 0. The Morgan fingerprint density at radius 1 is 1.28 bits per heavy atom. The fourth-order valence-corrected chi connectivity index (χ4v) is 2.53. The van der Waals surface area contributed by atoms with Crippen LogP contribution in [-0.4, -0.2) is 50.4 Å². The minimum atomic E-state index is -2.34. The Labute approximate surface area is 107 Å². The lowest BCUT2D eigenvalue weighted by atomic mass is 10.3. The Hall–Kier alpha value is -1.65. The maximum Gasteiger partial charge on any atom is 0.153 e. The van der Waals surface area contributed by atoms with Crippen molar-refractivity contribution in [3.8, 4) is 6.07 Å². The third-order valence-electron chi connectivity index (χ3n) is 2.89. The van der Waals surface area contributed by atoms with Crippen molar-refractivity contribution >= 4 is 16.5 Å². The Balaban J connectivity index is 1.94. The molecule has 0 atom stereocenters. The summed E-state index contributed by atoms with van der Waals surface area (Å²) in [5.41, 5.74) is 0.542. The quantitative estimate of drug-likeness (QED) is 0.753. The molecule has 0 N–H and O–H groups in total. The number of aromatic nitrogens is 1. The second-order valence-electron chi connectivity index (χ2n) is 4.10. The van der Waals surface area contributed by atoms with E-state index in [1.807, 2.05) is 17.0 Å². The van der Waals surface area contributed by atoms with Gasteiger partial charge in [-0.05, 0) is 12.1 Å². The summed E-state index contributed by atoms with van der Waals surface area (Å²) in [6.45, 7) is 2.93. The van der Waals surface area contributed by atoms with Gasteiger partial charge in [-0.25, -0.2) is 13.4 Å². The van der Waals surface area contributed by atoms with Crippen LogP contribution < -0.4 is 4.90 Å². The van der Waals surface area contributed by atoms with Crippen molar-refractivity contribution in [2.45, 2.75) is 0 Å². The Morgan fingerprint density at radius 2 is 2.00 bits per heavy atom. The zero-order chi connectivity index (χ0) is 13.0. The molecule has 96 valence electrons. The van der Waals surface area contributed by atoms with Gasteiger partial charge in [0.25, 0.3) is 0 Å². The largest absolute Gasteiger partial charge is 0.354 e. The molecular weight excluding hydrogens is 252 g/mol. The summed E-state index contributed by atoms with van der Waals surface area (Å²) in [4.78, 5) is 8.23. The van der Waals surface area contributed by atoms with Gasteiger partial charge in [0.2, 0.25) is 0 Å². The van der Waals surface area contributed by atoms with Crippen LogP contribution in [0.1, 0.15) is 5.56 Å². The molecule has 0 spiro atoms. The minimum Gasteiger partial charge on any atom is -0.354 e. The number of hydrogen-bond acceptors (Lipinski definition) is 6. The first-order valence-corrected chi connectivity index (χ1v) is 7.00. The van der Waals surface area contributed by atoms with Crippen LogP contribution in [0.4, 0.5) is 5.82 Å². The second-order valence-corrected chi connectivity index (χ2v) is 5.04. The fraction of sp³-hybridized carbons (Fsp3) is 0.455. The van der Waals surface area contributed by atoms with Crippen LogP contribution >= 0.6 is 0 Å². The van der Waals surface area contributed by atoms with E-state index in [4.69, 9.17) is 5.26 Å². The van der Waals surface area contributed by atoms with E-state index in [-0.39, 0.29) is 5.88 Å². The Morgan fingerprint density at radius 3 is 2.50 bits per heavy atom. The Kier molecular flexibility index (Phi) is 4.12. The predicted molar refractivity (Wildman–Crippen MR) is 67.9 cm³/mol. The molecule has 0 amide bonds. The van der Waals surface area contributed by atoms with Crippen LogP contribution in [0.3, 0.4) is 0 Å². The first kappa shape index (κ1) is 12.8. The molecule has 1 aromatic heterocycles. The molecular formula is C11H14N4O2S. The number of pyridine rings is 1. The molecule has 6 nitrogen and oxygen atoms in total. The highest BCUT2D eigenvalue weighted by Gasteiger charge is 2.18. The smallest absolute Gasteiger partial charge is 0.153 e. The summed E-state index contributed by atoms with van der Waals surface area (Å²) in [6.07, 6.45) is 1.55. The topological polar surface area (TPSA) is 77.3 Å². The fourth-order valence-electron chi connectivity index (χ4n) is 1.92. The van der Waals surface area contributed by atoms with Gasteiger partial charge >= 0.3 is 0 Å². The monoisotopic (exact) mass is 266 g/mol. The van der Waals surface area contributed by atoms with E-state index in [0.29, 0.717) is 18.7 Å². The van der Waals surface area contributed by atoms with Gasteiger partial charge < -0.3 is 4.90 Å². The molecule has 0 aromatic carbocycles. The Bertz CT molecular complexity index is 505. The van der Waals surface area contributed by atoms with Crippen molar-refractivity contribution in [1.82, 2.24) is 9.88 Å². The molecule has 0 aliphatic carbocycles. The van der Waals surface area contributed by atoms with Crippen LogP contribution in [0.25, 0.3) is 0 Å². The van der Waals surface area contributed by atoms with Gasteiger partial charge in [0, 0.05) is 32.4 Å². The third kappa shape index (κ3) is 3.18. The maximum atomic E-state index is 10.6. The van der Waals surface area contributed by atoms with Crippen LogP contribution in [-0.2, 0) is 10.7 Å². The highest BCUT2D eigenvalue weighted by Crippen LogP contribution is 2.13. The number of thiol groups is 1. The second kappa shape index (κ2) is 5.80. The summed E-state index contributed by atoms with van der Waals surface area (Å²) in [5, 5.41) is 8.69. The van der Waals surface area contributed by atoms with E-state index >= 15 is 0 Å². The van der Waals surface area contributed by atoms with Crippen molar-refractivity contribution in [2.24, 2.45) is 0 Å². The van der Waals surface area contributed by atoms with Crippen molar-refractivity contribution in [1.29, 1.82) is 5.26 Å². The van der Waals surface area contributed by atoms with E-state index in [9.17, 15) is 8.42 Å². The van der Waals surface area contributed by atoms with Crippen molar-refractivity contribution in [3.63, 3.8) is 0 Å². The summed E-state index contributed by atoms with van der Waals surface area (Å²) < 4.78 is 21.3. The molecule has 1 saturated heterocycles. The van der Waals surface area contributed by atoms with Gasteiger partial charge in [0.1, 0.15) is 11.9 Å². The first-order valence-electron chi connectivity index (χ1n) is 5.64. The van der Waals surface area contributed by atoms with Gasteiger partial charge in [-0.15, -0.1) is 0 Å². The van der Waals surface area contributed by atoms with Crippen molar-refractivity contribution in [3.05, 3.63) is 23.9 Å². The van der Waals surface area contributed by atoms with Crippen molar-refractivity contribution < 1.29 is 8.42 Å². The lowest BCUT2D eigenvalue weighted by Gasteiger charge is -2.34. The lowest BCUT2D eigenvalue weighted by molar-refractivity contribution is 0.295. The van der Waals surface area contributed by atoms with Crippen molar-refractivity contribution in [2.75, 3.05) is 37.0 Å². The summed E-state index contributed by atoms with van der Waals surface area (Å²) in [5.74, 6) is 0.962. The van der Waals surface area contributed by atoms with Gasteiger partial charge in [-0.3, -0.25) is 4.90 Å². The molecule has 1 aromatic rings. The SMILES string of the molecule is N#Cc1ccc(N2CCN(C[SH](=O)=O)CC2)nc1. The highest BCUT2D eigenvalue weighted by atomic mass is 32.2. The van der Waals surface area contributed by atoms with Crippen LogP contribution in [0, 0.1) is 11.3 Å². The van der Waals surface area contributed by atoms with Crippen LogP contribution in [0.5, 0.6) is 0 Å². The van der Waals surface area contributed by atoms with E-state index in [2.05, 4.69) is 9.88 Å². The number of nitrogens with zero attached hydrogens (tertiary/aromatic N) is 4. The zero-order valence-electron chi connectivity index (χ0n) is 9.82. The number of piperazine rings is 1. The number of anilines is 1. The van der Waals surface area contributed by atoms with Gasteiger partial charge in [-0.1, -0.05) is 0 Å². The molecule has 1 fully saturated rings. The first-order chi connectivity index (χ1) is 8.69. The average Bonchev–Trinajstić information content (AvgIpc) is 2.39. The third-order valence-corrected chi connectivity index (χ3v) is 3.52. The molecule has 18 heavy (non-hydrogen) atoms. The molecule has 1 aliphatic heterocycles. The van der Waals surface area contributed by atoms with E-state index in [0.717, 1.165) is 18.9 Å². The molecule has 0 unspecified atom stereocenters. The van der Waals surface area contributed by atoms with Crippen LogP contribution in [0.15, 0.2) is 18.3 Å². The minimum absolute atomic E-state index is 0.129. The summed E-state index contributed by atoms with van der Waals surface area (Å²) in [6, 6.07) is 5.59. The molecule has 7 heteroatoms. The van der Waals surface area contributed by atoms with Crippen LogP contribution in [0.2, 0.25) is 0 Å². The number of hydrogen-bond donors (Lipinski definition) is 1. The molecule has 0 saturated carbocycles. The highest BCUT2D eigenvalue weighted by molar-refractivity contribution is 7.72. The molecule has 2 heterocycles. The maximum absolute atomic E-state index is 10.6. The van der Waals surface area contributed by atoms with Gasteiger partial charge in [0.15, 0.2) is 10.7 Å². The van der Waals surface area contributed by atoms with Gasteiger partial charge in [0.05, 0.1) is 11.4 Å². The molecule has 0 bridgehead atoms. The van der Waals surface area contributed by atoms with E-state index in [1.54, 1.807) is 12.3 Å². The zero-order valence-corrected chi connectivity index (χ0v) is 10.7. The number of nitriles is 1. The van der Waals surface area contributed by atoms with E-state index < -0.39 is 10.7 Å². The van der Waals surface area contributed by atoms with E-state index in [1.165, 1.54) is 0 Å². The predicted octanol–water partition coefficient (Wildman–Crippen LogP) is -0.356. The molecule has 1 aliphatic rings. The molecule has 2 rings (SSSR count). The summed E-state index contributed by atoms with van der Waals surface area (Å²) in [7, 11) is -2.34. The molecule has 0 radical (unpaired) electrons. The number of rotatable bonds is 3. The average molecular weight is 266 g/mol. The standard InChI is InChI=1S/C11H14N4O2S/c12-7-10-1-2-11(13-8-10)15-5-3-14(4-6-15)9-18(16)17/h1-2,8,18H,3-6,9H2.